The highest BCUT2D eigenvalue weighted by Gasteiger charge is 2.23. The molecule has 1 saturated heterocycles. The molecule has 0 saturated carbocycles. The molecule has 1 aliphatic rings. The fourth-order valence-electron chi connectivity index (χ4n) is 2.15. The van der Waals surface area contributed by atoms with Crippen LogP contribution in [0, 0.1) is 0 Å². The summed E-state index contributed by atoms with van der Waals surface area (Å²) in [7, 11) is 0. The number of aliphatic hydroxyl groups excluding tert-OH is 1. The number of aromatic nitrogens is 5. The summed E-state index contributed by atoms with van der Waals surface area (Å²) >= 11 is 0. The van der Waals surface area contributed by atoms with Crippen LogP contribution in [0.25, 0.3) is 5.95 Å². The van der Waals surface area contributed by atoms with Crippen LogP contribution in [-0.4, -0.2) is 55.6 Å². The summed E-state index contributed by atoms with van der Waals surface area (Å²) in [5, 5.41) is 16.9. The normalized spacial score (nSPS) is 18.5. The third-order valence-electron chi connectivity index (χ3n) is 3.10. The van der Waals surface area contributed by atoms with E-state index in [1.165, 1.54) is 0 Å². The van der Waals surface area contributed by atoms with Crippen molar-refractivity contribution in [1.29, 1.82) is 0 Å². The van der Waals surface area contributed by atoms with Crippen LogP contribution < -0.4 is 10.2 Å². The molecule has 0 spiro atoms. The van der Waals surface area contributed by atoms with Crippen LogP contribution in [0.3, 0.4) is 0 Å². The predicted octanol–water partition coefficient (Wildman–Crippen LogP) is 0.0601. The number of nitrogens with zero attached hydrogens (tertiary/aromatic N) is 6. The van der Waals surface area contributed by atoms with E-state index < -0.39 is 0 Å². The highest BCUT2D eigenvalue weighted by Crippen LogP contribution is 2.18. The fourth-order valence-corrected chi connectivity index (χ4v) is 2.15. The smallest absolute Gasteiger partial charge is 0.257 e. The third kappa shape index (κ3) is 2.55. The molecule has 3 heterocycles. The highest BCUT2D eigenvalue weighted by molar-refractivity contribution is 5.41. The molecule has 20 heavy (non-hydrogen) atoms. The Morgan fingerprint density at radius 3 is 2.85 bits per heavy atom. The molecule has 1 aliphatic heterocycles. The van der Waals surface area contributed by atoms with Gasteiger partial charge in [0, 0.05) is 32.0 Å². The van der Waals surface area contributed by atoms with Gasteiger partial charge in [0.15, 0.2) is 0 Å². The summed E-state index contributed by atoms with van der Waals surface area (Å²) in [6.07, 6.45) is 3.88. The maximum absolute atomic E-state index is 9.64. The maximum Gasteiger partial charge on any atom is 0.257 e. The summed E-state index contributed by atoms with van der Waals surface area (Å²) in [5.74, 6) is 1.56. The largest absolute Gasteiger partial charge is 0.391 e. The average molecular weight is 275 g/mol. The Balaban J connectivity index is 1.96. The molecule has 2 aromatic heterocycles. The number of hydrogen-bond donors (Lipinski definition) is 2. The van der Waals surface area contributed by atoms with Crippen LogP contribution in [0.1, 0.15) is 13.3 Å². The van der Waals surface area contributed by atoms with Gasteiger partial charge in [0.2, 0.25) is 11.9 Å². The van der Waals surface area contributed by atoms with Gasteiger partial charge in [0.05, 0.1) is 6.10 Å². The summed E-state index contributed by atoms with van der Waals surface area (Å²) in [6, 6.07) is 1.82. The average Bonchev–Trinajstić information content (AvgIpc) is 3.09. The molecule has 3 rings (SSSR count). The van der Waals surface area contributed by atoms with Crippen LogP contribution in [0.4, 0.5) is 11.9 Å². The minimum atomic E-state index is -0.317. The number of anilines is 2. The van der Waals surface area contributed by atoms with Gasteiger partial charge in [-0.2, -0.15) is 20.1 Å². The number of aliphatic hydroxyl groups is 1. The lowest BCUT2D eigenvalue weighted by Crippen LogP contribution is -2.25. The Kier molecular flexibility index (Phi) is 3.46. The quantitative estimate of drug-likeness (QED) is 0.815. The molecule has 106 valence electrons. The molecule has 0 aliphatic carbocycles. The molecule has 8 nitrogen and oxygen atoms in total. The minimum Gasteiger partial charge on any atom is -0.391 e. The summed E-state index contributed by atoms with van der Waals surface area (Å²) in [4.78, 5) is 15.1. The van der Waals surface area contributed by atoms with E-state index in [2.05, 4.69) is 25.4 Å². The Bertz CT molecular complexity index is 571. The van der Waals surface area contributed by atoms with Gasteiger partial charge in [0.1, 0.15) is 0 Å². The van der Waals surface area contributed by atoms with Gasteiger partial charge in [-0.15, -0.1) is 0 Å². The molecule has 0 bridgehead atoms. The SMILES string of the molecule is CCNc1nc(N2CCC(O)C2)nc(-n2cccn2)n1. The van der Waals surface area contributed by atoms with Crippen molar-refractivity contribution >= 4 is 11.9 Å². The van der Waals surface area contributed by atoms with Crippen molar-refractivity contribution in [1.82, 2.24) is 24.7 Å². The molecular weight excluding hydrogens is 258 g/mol. The molecule has 2 N–H and O–H groups in total. The standard InChI is InChI=1S/C12H17N7O/c1-2-13-10-15-11(18-7-4-9(20)8-18)17-12(16-10)19-6-3-5-14-19/h3,5-6,9,20H,2,4,7-8H2,1H3,(H,13,15,16,17). The zero-order valence-electron chi connectivity index (χ0n) is 11.3. The van der Waals surface area contributed by atoms with Gasteiger partial charge in [-0.3, -0.25) is 0 Å². The van der Waals surface area contributed by atoms with Crippen molar-refractivity contribution in [3.63, 3.8) is 0 Å². The Hall–Kier alpha value is -2.22. The lowest BCUT2D eigenvalue weighted by Gasteiger charge is -2.16. The van der Waals surface area contributed by atoms with Crippen molar-refractivity contribution < 1.29 is 5.11 Å². The minimum absolute atomic E-state index is 0.317. The van der Waals surface area contributed by atoms with Gasteiger partial charge in [-0.25, -0.2) is 4.68 Å². The van der Waals surface area contributed by atoms with Gasteiger partial charge in [-0.05, 0) is 19.4 Å². The van der Waals surface area contributed by atoms with Crippen molar-refractivity contribution in [3.05, 3.63) is 18.5 Å². The second-order valence-electron chi connectivity index (χ2n) is 4.63. The van der Waals surface area contributed by atoms with Crippen molar-refractivity contribution in [3.8, 4) is 5.95 Å². The van der Waals surface area contributed by atoms with E-state index >= 15 is 0 Å². The van der Waals surface area contributed by atoms with Crippen molar-refractivity contribution in [2.45, 2.75) is 19.4 Å². The molecular formula is C12H17N7O. The van der Waals surface area contributed by atoms with E-state index in [4.69, 9.17) is 0 Å². The van der Waals surface area contributed by atoms with E-state index in [9.17, 15) is 5.11 Å². The monoisotopic (exact) mass is 275 g/mol. The summed E-state index contributed by atoms with van der Waals surface area (Å²) < 4.78 is 1.60. The summed E-state index contributed by atoms with van der Waals surface area (Å²) in [6.45, 7) is 4.00. The maximum atomic E-state index is 9.64. The molecule has 1 fully saturated rings. The Morgan fingerprint density at radius 1 is 1.35 bits per heavy atom. The molecule has 1 unspecified atom stereocenters. The Morgan fingerprint density at radius 2 is 2.20 bits per heavy atom. The van der Waals surface area contributed by atoms with Crippen LogP contribution >= 0.6 is 0 Å². The first-order chi connectivity index (χ1) is 9.76. The van der Waals surface area contributed by atoms with E-state index in [0.717, 1.165) is 19.5 Å². The first kappa shape index (κ1) is 12.8. The van der Waals surface area contributed by atoms with Gasteiger partial charge < -0.3 is 15.3 Å². The molecule has 0 aromatic carbocycles. The molecule has 1 atom stereocenters. The lowest BCUT2D eigenvalue weighted by atomic mass is 10.3. The summed E-state index contributed by atoms with van der Waals surface area (Å²) in [5.41, 5.74) is 0. The second-order valence-corrected chi connectivity index (χ2v) is 4.63. The predicted molar refractivity (Wildman–Crippen MR) is 73.9 cm³/mol. The highest BCUT2D eigenvalue weighted by atomic mass is 16.3. The zero-order valence-corrected chi connectivity index (χ0v) is 11.3. The van der Waals surface area contributed by atoms with Gasteiger partial charge in [-0.1, -0.05) is 0 Å². The Labute approximate surface area is 116 Å². The van der Waals surface area contributed by atoms with E-state index in [0.29, 0.717) is 24.4 Å². The zero-order chi connectivity index (χ0) is 13.9. The van der Waals surface area contributed by atoms with Crippen LogP contribution in [-0.2, 0) is 0 Å². The number of hydrogen-bond acceptors (Lipinski definition) is 7. The van der Waals surface area contributed by atoms with Crippen molar-refractivity contribution in [2.24, 2.45) is 0 Å². The van der Waals surface area contributed by atoms with Crippen molar-refractivity contribution in [2.75, 3.05) is 29.9 Å². The van der Waals surface area contributed by atoms with E-state index in [1.807, 2.05) is 17.9 Å². The third-order valence-corrected chi connectivity index (χ3v) is 3.10. The first-order valence-electron chi connectivity index (χ1n) is 6.69. The fraction of sp³-hybridized carbons (Fsp3) is 0.500. The number of β-amino-alcohol motifs (C(OH)–C–C–N with tert-alkyl or cyclic N) is 1. The van der Waals surface area contributed by atoms with Gasteiger partial charge >= 0.3 is 0 Å². The topological polar surface area (TPSA) is 92.0 Å². The first-order valence-corrected chi connectivity index (χ1v) is 6.69. The lowest BCUT2D eigenvalue weighted by molar-refractivity contribution is 0.198. The number of nitrogens with one attached hydrogen (secondary N) is 1. The molecule has 2 aromatic rings. The molecule has 0 amide bonds. The number of rotatable bonds is 4. The van der Waals surface area contributed by atoms with Crippen LogP contribution in [0.2, 0.25) is 0 Å². The van der Waals surface area contributed by atoms with Gasteiger partial charge in [0.25, 0.3) is 5.95 Å². The van der Waals surface area contributed by atoms with E-state index in [-0.39, 0.29) is 6.10 Å². The van der Waals surface area contributed by atoms with Crippen LogP contribution in [0.15, 0.2) is 18.5 Å². The molecule has 8 heteroatoms. The second kappa shape index (κ2) is 5.41. The van der Waals surface area contributed by atoms with E-state index in [1.54, 1.807) is 17.1 Å². The van der Waals surface area contributed by atoms with Crippen LogP contribution in [0.5, 0.6) is 0 Å². The molecule has 0 radical (unpaired) electrons.